The number of para-hydroxylation sites is 1. The topological polar surface area (TPSA) is 118 Å². The van der Waals surface area contributed by atoms with Gasteiger partial charge in [0.2, 0.25) is 12.3 Å². The zero-order valence-corrected chi connectivity index (χ0v) is 25.0. The molecule has 0 atom stereocenters. The van der Waals surface area contributed by atoms with Crippen LogP contribution in [0.2, 0.25) is 0 Å². The molecule has 1 fully saturated rings. The van der Waals surface area contributed by atoms with Gasteiger partial charge in [-0.25, -0.2) is 23.2 Å². The van der Waals surface area contributed by atoms with Crippen LogP contribution in [0.25, 0.3) is 11.5 Å². The summed E-state index contributed by atoms with van der Waals surface area (Å²) in [6, 6.07) is 8.60. The lowest BCUT2D eigenvalue weighted by molar-refractivity contribution is 0.0206. The van der Waals surface area contributed by atoms with Gasteiger partial charge in [0.05, 0.1) is 11.3 Å². The molecule has 2 heterocycles. The largest absolute Gasteiger partial charge is 0.444 e. The Bertz CT molecular complexity index is 1450. The molecule has 1 aromatic heterocycles. The van der Waals surface area contributed by atoms with E-state index in [1.54, 1.807) is 76.8 Å². The summed E-state index contributed by atoms with van der Waals surface area (Å²) in [5.41, 5.74) is -2.19. The van der Waals surface area contributed by atoms with Crippen molar-refractivity contribution in [3.63, 3.8) is 0 Å². The Labute approximate surface area is 248 Å². The number of hydrogen-bond donors (Lipinski definition) is 0. The molecule has 1 aliphatic heterocycles. The highest BCUT2D eigenvalue weighted by molar-refractivity contribution is 6.18. The van der Waals surface area contributed by atoms with E-state index in [1.165, 1.54) is 4.90 Å². The number of ether oxygens (including phenoxy) is 2. The first kappa shape index (κ1) is 31.4. The van der Waals surface area contributed by atoms with Gasteiger partial charge in [0.25, 0.3) is 0 Å². The standard InChI is InChI=1S/C30H35F2N5O6/c1-29(2,3)42-27(39)35-14-12-20(13-15-35)36(19-10-8-7-9-11-19)26(38)37(28(40)43-30(4,5)6)24-16-21(22(31)17-23(24)32)25-34-33-18-41-25/h7-11,16-18,20H,12-15H2,1-6H3. The van der Waals surface area contributed by atoms with E-state index in [1.807, 2.05) is 0 Å². The Morgan fingerprint density at radius 1 is 0.930 bits per heavy atom. The van der Waals surface area contributed by atoms with E-state index in [0.29, 0.717) is 29.5 Å². The van der Waals surface area contributed by atoms with Crippen LogP contribution in [0.15, 0.2) is 53.3 Å². The van der Waals surface area contributed by atoms with Gasteiger partial charge in [0.15, 0.2) is 5.82 Å². The number of benzene rings is 2. The van der Waals surface area contributed by atoms with Crippen LogP contribution < -0.4 is 9.80 Å². The second-order valence-corrected chi connectivity index (χ2v) is 12.0. The van der Waals surface area contributed by atoms with E-state index in [0.717, 1.165) is 12.5 Å². The van der Waals surface area contributed by atoms with E-state index in [4.69, 9.17) is 13.9 Å². The van der Waals surface area contributed by atoms with E-state index in [9.17, 15) is 18.8 Å². The molecule has 1 saturated heterocycles. The highest BCUT2D eigenvalue weighted by atomic mass is 19.1. The third kappa shape index (κ3) is 7.65. The minimum atomic E-state index is -1.19. The number of hydrogen-bond acceptors (Lipinski definition) is 8. The van der Waals surface area contributed by atoms with Crippen LogP contribution in [0.5, 0.6) is 0 Å². The number of imide groups is 1. The number of carbonyl (C=O) groups is 3. The summed E-state index contributed by atoms with van der Waals surface area (Å²) in [6.07, 6.45) is -0.00925. The number of urea groups is 1. The van der Waals surface area contributed by atoms with Crippen LogP contribution in [-0.4, -0.2) is 63.6 Å². The maximum atomic E-state index is 15.5. The first-order chi connectivity index (χ1) is 20.1. The molecular formula is C30H35F2N5O6. The third-order valence-electron chi connectivity index (χ3n) is 6.36. The lowest BCUT2D eigenvalue weighted by Gasteiger charge is -2.40. The number of amides is 4. The highest BCUT2D eigenvalue weighted by Gasteiger charge is 2.40. The Hall–Kier alpha value is -4.55. The van der Waals surface area contributed by atoms with Gasteiger partial charge in [0.1, 0.15) is 17.0 Å². The molecule has 11 nitrogen and oxygen atoms in total. The number of rotatable bonds is 4. The van der Waals surface area contributed by atoms with Gasteiger partial charge < -0.3 is 18.8 Å². The summed E-state index contributed by atoms with van der Waals surface area (Å²) < 4.78 is 46.4. The zero-order chi connectivity index (χ0) is 31.5. The molecule has 1 aliphatic rings. The fraction of sp³-hybridized carbons (Fsp3) is 0.433. The number of aromatic nitrogens is 2. The minimum Gasteiger partial charge on any atom is -0.444 e. The van der Waals surface area contributed by atoms with Crippen LogP contribution in [0.3, 0.4) is 0 Å². The number of nitrogens with zero attached hydrogens (tertiary/aromatic N) is 5. The van der Waals surface area contributed by atoms with Crippen molar-refractivity contribution >= 4 is 29.6 Å². The Kier molecular flexibility index (Phi) is 9.02. The number of likely N-dealkylation sites (tertiary alicyclic amines) is 1. The SMILES string of the molecule is CC(C)(C)OC(=O)N1CCC(N(C(=O)N(C(=O)OC(C)(C)C)c2cc(-c3nnco3)c(F)cc2F)c2ccccc2)CC1. The lowest BCUT2D eigenvalue weighted by atomic mass is 10.0. The molecule has 0 saturated carbocycles. The summed E-state index contributed by atoms with van der Waals surface area (Å²) >= 11 is 0. The first-order valence-electron chi connectivity index (χ1n) is 13.8. The third-order valence-corrected chi connectivity index (χ3v) is 6.36. The molecule has 3 aromatic rings. The van der Waals surface area contributed by atoms with Crippen LogP contribution >= 0.6 is 0 Å². The van der Waals surface area contributed by atoms with Crippen molar-refractivity contribution in [3.05, 3.63) is 60.5 Å². The Balaban J connectivity index is 1.75. The van der Waals surface area contributed by atoms with Crippen molar-refractivity contribution < 1.29 is 37.1 Å². The number of halogens is 2. The van der Waals surface area contributed by atoms with Crippen molar-refractivity contribution in [1.82, 2.24) is 15.1 Å². The molecule has 4 rings (SSSR count). The van der Waals surface area contributed by atoms with Crippen molar-refractivity contribution in [3.8, 4) is 11.5 Å². The maximum absolute atomic E-state index is 15.5. The number of anilines is 2. The zero-order valence-electron chi connectivity index (χ0n) is 25.0. The monoisotopic (exact) mass is 599 g/mol. The summed E-state index contributed by atoms with van der Waals surface area (Å²) in [7, 11) is 0. The predicted octanol–water partition coefficient (Wildman–Crippen LogP) is 6.78. The fourth-order valence-corrected chi connectivity index (χ4v) is 4.56. The summed E-state index contributed by atoms with van der Waals surface area (Å²) in [4.78, 5) is 44.2. The quantitative estimate of drug-likeness (QED) is 0.322. The van der Waals surface area contributed by atoms with Crippen molar-refractivity contribution in [2.75, 3.05) is 22.9 Å². The molecule has 43 heavy (non-hydrogen) atoms. The second-order valence-electron chi connectivity index (χ2n) is 12.0. The van der Waals surface area contributed by atoms with Gasteiger partial charge in [-0.3, -0.25) is 4.90 Å². The van der Waals surface area contributed by atoms with Gasteiger partial charge in [-0.05, 0) is 72.6 Å². The molecule has 0 unspecified atom stereocenters. The van der Waals surface area contributed by atoms with Gasteiger partial charge in [-0.1, -0.05) is 18.2 Å². The molecule has 4 amide bonds. The molecule has 0 N–H and O–H groups in total. The molecular weight excluding hydrogens is 564 g/mol. The van der Waals surface area contributed by atoms with E-state index >= 15 is 4.39 Å². The van der Waals surface area contributed by atoms with Crippen LogP contribution in [0.4, 0.5) is 34.5 Å². The van der Waals surface area contributed by atoms with Gasteiger partial charge in [-0.2, -0.15) is 4.90 Å². The molecule has 0 aliphatic carbocycles. The van der Waals surface area contributed by atoms with Gasteiger partial charge >= 0.3 is 18.2 Å². The predicted molar refractivity (Wildman–Crippen MR) is 154 cm³/mol. The second kappa shape index (κ2) is 12.4. The molecule has 0 radical (unpaired) electrons. The lowest BCUT2D eigenvalue weighted by Crippen LogP contribution is -2.55. The molecule has 2 aromatic carbocycles. The normalized spacial score (nSPS) is 14.3. The maximum Gasteiger partial charge on any atom is 0.423 e. The molecule has 0 bridgehead atoms. The van der Waals surface area contributed by atoms with E-state index < -0.39 is 52.8 Å². The van der Waals surface area contributed by atoms with Crippen LogP contribution in [-0.2, 0) is 9.47 Å². The number of piperidine rings is 1. The Morgan fingerprint density at radius 2 is 1.56 bits per heavy atom. The highest BCUT2D eigenvalue weighted by Crippen LogP contribution is 2.33. The summed E-state index contributed by atoms with van der Waals surface area (Å²) in [6.45, 7) is 10.7. The fourth-order valence-electron chi connectivity index (χ4n) is 4.56. The van der Waals surface area contributed by atoms with Gasteiger partial charge in [-0.15, -0.1) is 10.2 Å². The van der Waals surface area contributed by atoms with E-state index in [-0.39, 0.29) is 24.5 Å². The van der Waals surface area contributed by atoms with Crippen LogP contribution in [0.1, 0.15) is 54.4 Å². The van der Waals surface area contributed by atoms with E-state index in [2.05, 4.69) is 10.2 Å². The minimum absolute atomic E-state index is 0.273. The average molecular weight is 600 g/mol. The summed E-state index contributed by atoms with van der Waals surface area (Å²) in [5, 5.41) is 7.20. The van der Waals surface area contributed by atoms with Crippen molar-refractivity contribution in [1.29, 1.82) is 0 Å². The first-order valence-corrected chi connectivity index (χ1v) is 13.8. The van der Waals surface area contributed by atoms with Gasteiger partial charge in [0, 0.05) is 30.9 Å². The molecule has 0 spiro atoms. The molecule has 13 heteroatoms. The van der Waals surface area contributed by atoms with Crippen molar-refractivity contribution in [2.45, 2.75) is 71.6 Å². The van der Waals surface area contributed by atoms with Crippen LogP contribution in [0, 0.1) is 11.6 Å². The average Bonchev–Trinajstić information content (AvgIpc) is 3.44. The summed E-state index contributed by atoms with van der Waals surface area (Å²) in [5.74, 6) is -2.49. The number of carbonyl (C=O) groups excluding carboxylic acids is 3. The smallest absolute Gasteiger partial charge is 0.423 e. The Morgan fingerprint density at radius 3 is 2.12 bits per heavy atom. The van der Waals surface area contributed by atoms with Crippen molar-refractivity contribution in [2.24, 2.45) is 0 Å². The molecule has 230 valence electrons.